The van der Waals surface area contributed by atoms with Gasteiger partial charge in [0.2, 0.25) is 0 Å². The minimum absolute atomic E-state index is 0.422. The molecule has 0 spiro atoms. The Hall–Kier alpha value is -2.28. The van der Waals surface area contributed by atoms with Crippen LogP contribution in [-0.4, -0.2) is 6.04 Å². The van der Waals surface area contributed by atoms with Crippen LogP contribution in [-0.2, 0) is 0 Å². The predicted octanol–water partition coefficient (Wildman–Crippen LogP) is 4.55. The molecule has 1 aliphatic heterocycles. The molecule has 0 amide bonds. The smallest absolute Gasteiger partial charge is 0.0414 e. The number of hydrogen-bond donors (Lipinski definition) is 1. The van der Waals surface area contributed by atoms with Crippen LogP contribution in [0.3, 0.4) is 0 Å². The molecule has 2 aromatic carbocycles. The second-order valence-corrected chi connectivity index (χ2v) is 5.36. The van der Waals surface area contributed by atoms with E-state index in [4.69, 9.17) is 0 Å². The van der Waals surface area contributed by atoms with Crippen molar-refractivity contribution in [2.24, 2.45) is 0 Å². The summed E-state index contributed by atoms with van der Waals surface area (Å²) in [6.07, 6.45) is 6.46. The summed E-state index contributed by atoms with van der Waals surface area (Å²) in [5.74, 6) is 0. The molecule has 3 rings (SSSR count). The SMILES string of the molecule is Cc1ccc(-c2ccc(C3=CNC(C)C=C3)cc2)cc1. The van der Waals surface area contributed by atoms with Crippen molar-refractivity contribution >= 4 is 5.57 Å². The molecule has 1 heterocycles. The fraction of sp³-hybridized carbons (Fsp3) is 0.158. The molecule has 0 aromatic heterocycles. The highest BCUT2D eigenvalue weighted by Gasteiger charge is 2.05. The summed E-state index contributed by atoms with van der Waals surface area (Å²) in [5, 5.41) is 3.33. The van der Waals surface area contributed by atoms with Crippen LogP contribution in [0, 0.1) is 6.92 Å². The second kappa shape index (κ2) is 5.38. The van der Waals surface area contributed by atoms with Crippen LogP contribution in [0.25, 0.3) is 16.7 Å². The maximum Gasteiger partial charge on any atom is 0.0414 e. The van der Waals surface area contributed by atoms with Crippen LogP contribution in [0.1, 0.15) is 18.1 Å². The van der Waals surface area contributed by atoms with E-state index in [2.05, 4.69) is 86.0 Å². The Balaban J connectivity index is 1.85. The molecule has 0 saturated heterocycles. The van der Waals surface area contributed by atoms with Gasteiger partial charge < -0.3 is 5.32 Å². The van der Waals surface area contributed by atoms with Crippen molar-refractivity contribution in [1.29, 1.82) is 0 Å². The molecular weight excluding hydrogens is 242 g/mol. The lowest BCUT2D eigenvalue weighted by Crippen LogP contribution is -2.20. The van der Waals surface area contributed by atoms with Crippen molar-refractivity contribution in [2.75, 3.05) is 0 Å². The lowest BCUT2D eigenvalue weighted by molar-refractivity contribution is 0.764. The molecule has 1 unspecified atom stereocenters. The van der Waals surface area contributed by atoms with Crippen molar-refractivity contribution in [3.05, 3.63) is 78.0 Å². The zero-order valence-electron chi connectivity index (χ0n) is 11.9. The minimum atomic E-state index is 0.422. The van der Waals surface area contributed by atoms with Crippen molar-refractivity contribution < 1.29 is 0 Å². The van der Waals surface area contributed by atoms with Gasteiger partial charge in [-0.1, -0.05) is 66.2 Å². The Kier molecular flexibility index (Phi) is 3.42. The molecule has 100 valence electrons. The standard InChI is InChI=1S/C19H19N/c1-14-3-6-16(7-4-14)17-9-11-18(12-10-17)19-8-5-15(2)20-13-19/h3-13,15,20H,1-2H3. The molecule has 1 aliphatic rings. The van der Waals surface area contributed by atoms with E-state index in [9.17, 15) is 0 Å². The number of nitrogens with one attached hydrogen (secondary N) is 1. The molecule has 0 fully saturated rings. The van der Waals surface area contributed by atoms with Gasteiger partial charge in [0.1, 0.15) is 0 Å². The largest absolute Gasteiger partial charge is 0.384 e. The number of allylic oxidation sites excluding steroid dienone is 2. The predicted molar refractivity (Wildman–Crippen MR) is 86.3 cm³/mol. The Morgan fingerprint density at radius 3 is 1.90 bits per heavy atom. The van der Waals surface area contributed by atoms with Crippen LogP contribution >= 0.6 is 0 Å². The fourth-order valence-electron chi connectivity index (χ4n) is 2.35. The topological polar surface area (TPSA) is 12.0 Å². The average molecular weight is 261 g/mol. The van der Waals surface area contributed by atoms with E-state index < -0.39 is 0 Å². The van der Waals surface area contributed by atoms with Gasteiger partial charge in [0.05, 0.1) is 0 Å². The van der Waals surface area contributed by atoms with Gasteiger partial charge in [-0.3, -0.25) is 0 Å². The summed E-state index contributed by atoms with van der Waals surface area (Å²) in [7, 11) is 0. The van der Waals surface area contributed by atoms with Crippen molar-refractivity contribution in [2.45, 2.75) is 19.9 Å². The lowest BCUT2D eigenvalue weighted by atomic mass is 9.99. The van der Waals surface area contributed by atoms with Crippen LogP contribution < -0.4 is 5.32 Å². The molecule has 1 atom stereocenters. The average Bonchev–Trinajstić information content (AvgIpc) is 2.49. The van der Waals surface area contributed by atoms with Gasteiger partial charge in [-0.25, -0.2) is 0 Å². The number of aryl methyl sites for hydroxylation is 1. The molecule has 2 aromatic rings. The summed E-state index contributed by atoms with van der Waals surface area (Å²) >= 11 is 0. The normalized spacial score (nSPS) is 17.5. The van der Waals surface area contributed by atoms with E-state index >= 15 is 0 Å². The maximum absolute atomic E-state index is 3.33. The molecule has 0 bridgehead atoms. The third-order valence-electron chi connectivity index (χ3n) is 3.67. The van der Waals surface area contributed by atoms with Crippen molar-refractivity contribution in [3.8, 4) is 11.1 Å². The van der Waals surface area contributed by atoms with Crippen LogP contribution in [0.2, 0.25) is 0 Å². The van der Waals surface area contributed by atoms with E-state index in [1.165, 1.54) is 27.8 Å². The maximum atomic E-state index is 3.33. The zero-order valence-corrected chi connectivity index (χ0v) is 11.9. The number of rotatable bonds is 2. The number of dihydropyridines is 1. The summed E-state index contributed by atoms with van der Waals surface area (Å²) in [6, 6.07) is 17.8. The van der Waals surface area contributed by atoms with E-state index in [1.54, 1.807) is 0 Å². The van der Waals surface area contributed by atoms with Gasteiger partial charge in [-0.2, -0.15) is 0 Å². The monoisotopic (exact) mass is 261 g/mol. The molecular formula is C19H19N. The second-order valence-electron chi connectivity index (χ2n) is 5.36. The zero-order chi connectivity index (χ0) is 13.9. The van der Waals surface area contributed by atoms with E-state index in [0.717, 1.165) is 0 Å². The highest BCUT2D eigenvalue weighted by molar-refractivity contribution is 5.76. The van der Waals surface area contributed by atoms with Gasteiger partial charge in [0.15, 0.2) is 0 Å². The third-order valence-corrected chi connectivity index (χ3v) is 3.67. The van der Waals surface area contributed by atoms with E-state index in [-0.39, 0.29) is 0 Å². The summed E-state index contributed by atoms with van der Waals surface area (Å²) in [4.78, 5) is 0. The van der Waals surface area contributed by atoms with Gasteiger partial charge in [-0.05, 0) is 36.1 Å². The highest BCUT2D eigenvalue weighted by atomic mass is 14.9. The Morgan fingerprint density at radius 2 is 1.35 bits per heavy atom. The highest BCUT2D eigenvalue weighted by Crippen LogP contribution is 2.24. The first-order valence-corrected chi connectivity index (χ1v) is 7.04. The molecule has 0 aliphatic carbocycles. The first kappa shape index (κ1) is 12.7. The minimum Gasteiger partial charge on any atom is -0.384 e. The molecule has 0 saturated carbocycles. The van der Waals surface area contributed by atoms with E-state index in [1.807, 2.05) is 0 Å². The third kappa shape index (κ3) is 2.67. The Morgan fingerprint density at radius 1 is 0.800 bits per heavy atom. The lowest BCUT2D eigenvalue weighted by Gasteiger charge is -2.15. The van der Waals surface area contributed by atoms with Gasteiger partial charge in [0.25, 0.3) is 0 Å². The number of benzene rings is 2. The molecule has 1 N–H and O–H groups in total. The van der Waals surface area contributed by atoms with Crippen LogP contribution in [0.15, 0.2) is 66.9 Å². The van der Waals surface area contributed by atoms with E-state index in [0.29, 0.717) is 6.04 Å². The molecule has 1 nitrogen and oxygen atoms in total. The van der Waals surface area contributed by atoms with Crippen LogP contribution in [0.5, 0.6) is 0 Å². The van der Waals surface area contributed by atoms with Gasteiger partial charge in [0, 0.05) is 12.2 Å². The first-order chi connectivity index (χ1) is 9.72. The summed E-state index contributed by atoms with van der Waals surface area (Å²) in [5.41, 5.74) is 6.30. The summed E-state index contributed by atoms with van der Waals surface area (Å²) < 4.78 is 0. The van der Waals surface area contributed by atoms with Crippen LogP contribution in [0.4, 0.5) is 0 Å². The summed E-state index contributed by atoms with van der Waals surface area (Å²) in [6.45, 7) is 4.26. The molecule has 0 radical (unpaired) electrons. The quantitative estimate of drug-likeness (QED) is 0.836. The molecule has 20 heavy (non-hydrogen) atoms. The Labute approximate surface area is 120 Å². The number of hydrogen-bond acceptors (Lipinski definition) is 1. The van der Waals surface area contributed by atoms with Gasteiger partial charge >= 0.3 is 0 Å². The first-order valence-electron chi connectivity index (χ1n) is 7.04. The molecule has 1 heteroatoms. The fourth-order valence-corrected chi connectivity index (χ4v) is 2.35. The van der Waals surface area contributed by atoms with Gasteiger partial charge in [-0.15, -0.1) is 0 Å². The van der Waals surface area contributed by atoms with Crippen molar-refractivity contribution in [1.82, 2.24) is 5.32 Å². The van der Waals surface area contributed by atoms with Crippen molar-refractivity contribution in [3.63, 3.8) is 0 Å². The Bertz CT molecular complexity index is 645.